The third kappa shape index (κ3) is 4.78. The molecule has 0 amide bonds. The van der Waals surface area contributed by atoms with Crippen LogP contribution in [0.3, 0.4) is 0 Å². The maximum absolute atomic E-state index is 3.58. The van der Waals surface area contributed by atoms with E-state index in [4.69, 9.17) is 0 Å². The number of nitrogens with one attached hydrogen (secondary N) is 1. The molecule has 2 nitrogen and oxygen atoms in total. The smallest absolute Gasteiger partial charge is 0.0412 e. The Balaban J connectivity index is 3.04. The molecule has 1 rings (SSSR count). The van der Waals surface area contributed by atoms with Crippen LogP contribution in [0.1, 0.15) is 47.1 Å². The molecule has 1 atom stereocenters. The van der Waals surface area contributed by atoms with Gasteiger partial charge >= 0.3 is 0 Å². The third-order valence-corrected chi connectivity index (χ3v) is 4.45. The molecule has 0 radical (unpaired) electrons. The van der Waals surface area contributed by atoms with Gasteiger partial charge in [0.25, 0.3) is 0 Å². The highest BCUT2D eigenvalue weighted by Crippen LogP contribution is 2.31. The van der Waals surface area contributed by atoms with E-state index in [0.717, 1.165) is 11.0 Å². The van der Waals surface area contributed by atoms with Crippen LogP contribution in [-0.2, 0) is 6.54 Å². The Bertz CT molecular complexity index is 435. The summed E-state index contributed by atoms with van der Waals surface area (Å²) in [5.74, 6) is 0. The molecule has 0 spiro atoms. The van der Waals surface area contributed by atoms with Gasteiger partial charge in [-0.25, -0.2) is 0 Å². The summed E-state index contributed by atoms with van der Waals surface area (Å²) in [5.41, 5.74) is 2.90. The van der Waals surface area contributed by atoms with Crippen LogP contribution in [0, 0.1) is 5.41 Å². The molecule has 0 saturated heterocycles. The Hall–Kier alpha value is -0.540. The van der Waals surface area contributed by atoms with Gasteiger partial charge in [0.2, 0.25) is 0 Å². The zero-order valence-electron chi connectivity index (χ0n) is 13.9. The van der Waals surface area contributed by atoms with Crippen molar-refractivity contribution in [2.45, 2.75) is 60.2 Å². The molecular formula is C17H29BrN2. The van der Waals surface area contributed by atoms with Crippen LogP contribution >= 0.6 is 15.9 Å². The lowest BCUT2D eigenvalue weighted by Gasteiger charge is -2.38. The first-order valence-corrected chi connectivity index (χ1v) is 8.17. The third-order valence-electron chi connectivity index (χ3n) is 3.96. The average Bonchev–Trinajstić information content (AvgIpc) is 2.33. The molecule has 0 saturated carbocycles. The minimum atomic E-state index is 0.255. The van der Waals surface area contributed by atoms with E-state index in [1.54, 1.807) is 0 Å². The predicted molar refractivity (Wildman–Crippen MR) is 93.4 cm³/mol. The fourth-order valence-electron chi connectivity index (χ4n) is 2.14. The van der Waals surface area contributed by atoms with Gasteiger partial charge in [0, 0.05) is 35.8 Å². The second-order valence-corrected chi connectivity index (χ2v) is 7.88. The monoisotopic (exact) mass is 340 g/mol. The number of benzene rings is 1. The summed E-state index contributed by atoms with van der Waals surface area (Å²) >= 11 is 3.58. The fourth-order valence-corrected chi connectivity index (χ4v) is 2.55. The van der Waals surface area contributed by atoms with Crippen molar-refractivity contribution in [2.75, 3.05) is 11.9 Å². The standard InChI is InChI=1S/C17H29BrN2/c1-12(2)19-11-14-10-15(18)8-9-16(14)20(7)13(3)17(4,5)6/h8-10,12-13,19H,11H2,1-7H3. The van der Waals surface area contributed by atoms with E-state index in [0.29, 0.717) is 12.1 Å². The first-order valence-electron chi connectivity index (χ1n) is 7.37. The van der Waals surface area contributed by atoms with Crippen molar-refractivity contribution in [3.8, 4) is 0 Å². The van der Waals surface area contributed by atoms with Crippen LogP contribution in [0.15, 0.2) is 22.7 Å². The SMILES string of the molecule is CC(C)NCc1cc(Br)ccc1N(C)C(C)C(C)(C)C. The zero-order valence-corrected chi connectivity index (χ0v) is 15.5. The number of hydrogen-bond acceptors (Lipinski definition) is 2. The number of nitrogens with zero attached hydrogens (tertiary/aromatic N) is 1. The van der Waals surface area contributed by atoms with Crippen molar-refractivity contribution in [2.24, 2.45) is 5.41 Å². The van der Waals surface area contributed by atoms with Crippen LogP contribution in [0.5, 0.6) is 0 Å². The molecule has 20 heavy (non-hydrogen) atoms. The Labute approximate surface area is 133 Å². The van der Waals surface area contributed by atoms with Crippen molar-refractivity contribution in [1.82, 2.24) is 5.32 Å². The second kappa shape index (κ2) is 6.95. The van der Waals surface area contributed by atoms with Crippen molar-refractivity contribution in [3.05, 3.63) is 28.2 Å². The Kier molecular flexibility index (Phi) is 6.08. The largest absolute Gasteiger partial charge is 0.371 e. The Morgan fingerprint density at radius 1 is 1.20 bits per heavy atom. The molecule has 0 aromatic heterocycles. The van der Waals surface area contributed by atoms with Gasteiger partial charge in [-0.2, -0.15) is 0 Å². The maximum Gasteiger partial charge on any atom is 0.0412 e. The predicted octanol–water partition coefficient (Wildman–Crippen LogP) is 4.82. The highest BCUT2D eigenvalue weighted by atomic mass is 79.9. The first-order chi connectivity index (χ1) is 9.12. The molecule has 0 heterocycles. The van der Waals surface area contributed by atoms with Gasteiger partial charge < -0.3 is 10.2 Å². The van der Waals surface area contributed by atoms with Crippen LogP contribution in [0.25, 0.3) is 0 Å². The lowest BCUT2D eigenvalue weighted by molar-refractivity contribution is 0.329. The molecule has 0 bridgehead atoms. The topological polar surface area (TPSA) is 15.3 Å². The summed E-state index contributed by atoms with van der Waals surface area (Å²) in [6.45, 7) is 14.4. The van der Waals surface area contributed by atoms with Gasteiger partial charge in [-0.15, -0.1) is 0 Å². The molecular weight excluding hydrogens is 312 g/mol. The number of hydrogen-bond donors (Lipinski definition) is 1. The second-order valence-electron chi connectivity index (χ2n) is 6.96. The molecule has 1 aromatic carbocycles. The van der Waals surface area contributed by atoms with Gasteiger partial charge in [-0.05, 0) is 36.1 Å². The lowest BCUT2D eigenvalue weighted by Crippen LogP contribution is -2.40. The van der Waals surface area contributed by atoms with E-state index in [2.05, 4.69) is 92.9 Å². The molecule has 3 heteroatoms. The van der Waals surface area contributed by atoms with Crippen molar-refractivity contribution in [3.63, 3.8) is 0 Å². The molecule has 0 aliphatic heterocycles. The minimum Gasteiger partial charge on any atom is -0.371 e. The van der Waals surface area contributed by atoms with Crippen LogP contribution in [0.4, 0.5) is 5.69 Å². The first kappa shape index (κ1) is 17.5. The summed E-state index contributed by atoms with van der Waals surface area (Å²) in [5, 5.41) is 3.51. The number of anilines is 1. The van der Waals surface area contributed by atoms with Crippen LogP contribution < -0.4 is 10.2 Å². The molecule has 1 N–H and O–H groups in total. The van der Waals surface area contributed by atoms with Crippen molar-refractivity contribution < 1.29 is 0 Å². The van der Waals surface area contributed by atoms with E-state index in [1.165, 1.54) is 11.3 Å². The summed E-state index contributed by atoms with van der Waals surface area (Å²) < 4.78 is 1.14. The highest BCUT2D eigenvalue weighted by molar-refractivity contribution is 9.10. The minimum absolute atomic E-state index is 0.255. The van der Waals surface area contributed by atoms with E-state index >= 15 is 0 Å². The van der Waals surface area contributed by atoms with Gasteiger partial charge in [0.1, 0.15) is 0 Å². The molecule has 1 unspecified atom stereocenters. The van der Waals surface area contributed by atoms with Crippen LogP contribution in [0.2, 0.25) is 0 Å². The summed E-state index contributed by atoms with van der Waals surface area (Å²) in [6.07, 6.45) is 0. The molecule has 0 aliphatic carbocycles. The number of rotatable bonds is 5. The molecule has 0 fully saturated rings. The lowest BCUT2D eigenvalue weighted by atomic mass is 9.86. The molecule has 1 aromatic rings. The molecule has 114 valence electrons. The highest BCUT2D eigenvalue weighted by Gasteiger charge is 2.25. The van der Waals surface area contributed by atoms with Gasteiger partial charge in [-0.3, -0.25) is 0 Å². The fraction of sp³-hybridized carbons (Fsp3) is 0.647. The van der Waals surface area contributed by atoms with E-state index in [1.807, 2.05) is 0 Å². The quantitative estimate of drug-likeness (QED) is 0.826. The average molecular weight is 341 g/mol. The van der Waals surface area contributed by atoms with Crippen LogP contribution in [-0.4, -0.2) is 19.1 Å². The summed E-state index contributed by atoms with van der Waals surface area (Å²) in [4.78, 5) is 2.39. The summed E-state index contributed by atoms with van der Waals surface area (Å²) in [6, 6.07) is 7.52. The summed E-state index contributed by atoms with van der Waals surface area (Å²) in [7, 11) is 2.19. The van der Waals surface area contributed by atoms with E-state index in [9.17, 15) is 0 Å². The molecule has 0 aliphatic rings. The van der Waals surface area contributed by atoms with Crippen molar-refractivity contribution >= 4 is 21.6 Å². The van der Waals surface area contributed by atoms with Gasteiger partial charge in [0.15, 0.2) is 0 Å². The Morgan fingerprint density at radius 3 is 2.30 bits per heavy atom. The number of halogens is 1. The van der Waals surface area contributed by atoms with E-state index < -0.39 is 0 Å². The van der Waals surface area contributed by atoms with Gasteiger partial charge in [-0.1, -0.05) is 50.5 Å². The van der Waals surface area contributed by atoms with Gasteiger partial charge in [0.05, 0.1) is 0 Å². The maximum atomic E-state index is 3.58. The normalized spacial score (nSPS) is 13.7. The van der Waals surface area contributed by atoms with E-state index in [-0.39, 0.29) is 5.41 Å². The zero-order chi connectivity index (χ0) is 15.5. The Morgan fingerprint density at radius 2 is 1.80 bits per heavy atom. The van der Waals surface area contributed by atoms with Crippen molar-refractivity contribution in [1.29, 1.82) is 0 Å².